The van der Waals surface area contributed by atoms with Crippen molar-refractivity contribution in [3.8, 4) is 0 Å². The predicted octanol–water partition coefficient (Wildman–Crippen LogP) is 0.275. The van der Waals surface area contributed by atoms with E-state index in [2.05, 4.69) is 0 Å². The van der Waals surface area contributed by atoms with E-state index in [4.69, 9.17) is 5.11 Å². The molecule has 6 nitrogen and oxygen atoms in total. The summed E-state index contributed by atoms with van der Waals surface area (Å²) in [4.78, 5) is 23.9. The first-order chi connectivity index (χ1) is 8.27. The summed E-state index contributed by atoms with van der Waals surface area (Å²) in [5.41, 5.74) is 0. The van der Waals surface area contributed by atoms with Gasteiger partial charge in [-0.1, -0.05) is 0 Å². The molecule has 1 N–H and O–H groups in total. The van der Waals surface area contributed by atoms with Crippen LogP contribution in [0.1, 0.15) is 33.1 Å². The van der Waals surface area contributed by atoms with E-state index in [0.717, 1.165) is 12.8 Å². The highest BCUT2D eigenvalue weighted by atomic mass is 32.2. The van der Waals surface area contributed by atoms with Gasteiger partial charge in [0, 0.05) is 12.6 Å². The van der Waals surface area contributed by atoms with Crippen LogP contribution in [0.4, 0.5) is 0 Å². The van der Waals surface area contributed by atoms with Crippen LogP contribution < -0.4 is 0 Å². The van der Waals surface area contributed by atoms with Gasteiger partial charge in [0.2, 0.25) is 5.91 Å². The number of hydrogen-bond donors (Lipinski definition) is 1. The molecule has 1 atom stereocenters. The van der Waals surface area contributed by atoms with Crippen molar-refractivity contribution in [3.05, 3.63) is 0 Å². The highest BCUT2D eigenvalue weighted by Crippen LogP contribution is 2.27. The lowest BCUT2D eigenvalue weighted by Gasteiger charge is -2.21. The number of rotatable bonds is 7. The Labute approximate surface area is 107 Å². The molecule has 1 amide bonds. The van der Waals surface area contributed by atoms with E-state index in [1.54, 1.807) is 4.90 Å². The highest BCUT2D eigenvalue weighted by molar-refractivity contribution is 7.92. The highest BCUT2D eigenvalue weighted by Gasteiger charge is 2.34. The molecule has 0 radical (unpaired) electrons. The van der Waals surface area contributed by atoms with Gasteiger partial charge < -0.3 is 10.0 Å². The van der Waals surface area contributed by atoms with Crippen molar-refractivity contribution in [1.82, 2.24) is 4.90 Å². The summed E-state index contributed by atoms with van der Waals surface area (Å²) < 4.78 is 23.7. The number of carbonyl (C=O) groups is 2. The summed E-state index contributed by atoms with van der Waals surface area (Å²) in [6.45, 7) is 3.62. The molecule has 1 aliphatic rings. The van der Waals surface area contributed by atoms with Gasteiger partial charge in [-0.25, -0.2) is 8.42 Å². The van der Waals surface area contributed by atoms with Crippen molar-refractivity contribution >= 4 is 21.7 Å². The number of aliphatic carboxylic acids is 1. The van der Waals surface area contributed by atoms with E-state index in [1.807, 2.05) is 6.92 Å². The number of nitrogens with zero attached hydrogens (tertiary/aromatic N) is 1. The quantitative estimate of drug-likeness (QED) is 0.721. The molecule has 0 bridgehead atoms. The molecule has 18 heavy (non-hydrogen) atoms. The second kappa shape index (κ2) is 5.69. The minimum absolute atomic E-state index is 0.174. The fourth-order valence-electron chi connectivity index (χ4n) is 1.79. The Bertz CT molecular complexity index is 427. The zero-order valence-corrected chi connectivity index (χ0v) is 11.4. The van der Waals surface area contributed by atoms with Crippen LogP contribution in [0, 0.1) is 0 Å². The Morgan fingerprint density at radius 2 is 1.94 bits per heavy atom. The fraction of sp³-hybridized carbons (Fsp3) is 0.818. The number of amides is 1. The van der Waals surface area contributed by atoms with Gasteiger partial charge >= 0.3 is 5.97 Å². The summed E-state index contributed by atoms with van der Waals surface area (Å²) in [6, 6.07) is 0.174. The molecule has 1 unspecified atom stereocenters. The monoisotopic (exact) mass is 277 g/mol. The largest absolute Gasteiger partial charge is 0.481 e. The van der Waals surface area contributed by atoms with Crippen molar-refractivity contribution < 1.29 is 23.1 Å². The summed E-state index contributed by atoms with van der Waals surface area (Å²) in [7, 11) is -3.69. The Kier molecular flexibility index (Phi) is 4.72. The maximum absolute atomic E-state index is 11.9. The van der Waals surface area contributed by atoms with E-state index < -0.39 is 39.1 Å². The second-order valence-corrected chi connectivity index (χ2v) is 7.05. The minimum atomic E-state index is -3.69. The molecule has 0 aromatic carbocycles. The normalized spacial score (nSPS) is 17.2. The first kappa shape index (κ1) is 14.9. The van der Waals surface area contributed by atoms with Crippen LogP contribution >= 0.6 is 0 Å². The molecule has 1 saturated carbocycles. The van der Waals surface area contributed by atoms with Crippen molar-refractivity contribution in [2.24, 2.45) is 0 Å². The van der Waals surface area contributed by atoms with Crippen LogP contribution in [-0.2, 0) is 19.4 Å². The van der Waals surface area contributed by atoms with Crippen molar-refractivity contribution in [2.45, 2.75) is 44.4 Å². The molecule has 0 spiro atoms. The van der Waals surface area contributed by atoms with Gasteiger partial charge in [0.25, 0.3) is 0 Å². The Morgan fingerprint density at radius 3 is 2.33 bits per heavy atom. The van der Waals surface area contributed by atoms with E-state index in [9.17, 15) is 18.0 Å². The van der Waals surface area contributed by atoms with Gasteiger partial charge in [0.15, 0.2) is 9.84 Å². The SMILES string of the molecule is CCN(C(=O)CS(=O)(=O)C(C)CC(=O)O)C1CC1. The summed E-state index contributed by atoms with van der Waals surface area (Å²) in [5, 5.41) is 7.54. The smallest absolute Gasteiger partial charge is 0.304 e. The molecule has 1 aliphatic carbocycles. The van der Waals surface area contributed by atoms with Gasteiger partial charge in [-0.05, 0) is 26.7 Å². The van der Waals surface area contributed by atoms with Gasteiger partial charge in [0.1, 0.15) is 5.75 Å². The lowest BCUT2D eigenvalue weighted by atomic mass is 10.3. The first-order valence-corrected chi connectivity index (χ1v) is 7.72. The third-order valence-electron chi connectivity index (χ3n) is 3.05. The molecule has 0 aliphatic heterocycles. The van der Waals surface area contributed by atoms with E-state index in [0.29, 0.717) is 6.54 Å². The molecule has 1 rings (SSSR count). The molecule has 104 valence electrons. The Balaban J connectivity index is 2.63. The maximum Gasteiger partial charge on any atom is 0.304 e. The number of hydrogen-bond acceptors (Lipinski definition) is 4. The number of carbonyl (C=O) groups excluding carboxylic acids is 1. The van der Waals surface area contributed by atoms with Gasteiger partial charge in [-0.2, -0.15) is 0 Å². The topological polar surface area (TPSA) is 91.8 Å². The predicted molar refractivity (Wildman–Crippen MR) is 65.9 cm³/mol. The van der Waals surface area contributed by atoms with Crippen LogP contribution in [0.5, 0.6) is 0 Å². The van der Waals surface area contributed by atoms with Crippen LogP contribution in [0.3, 0.4) is 0 Å². The first-order valence-electron chi connectivity index (χ1n) is 6.00. The minimum Gasteiger partial charge on any atom is -0.481 e. The third-order valence-corrected chi connectivity index (χ3v) is 5.09. The number of carboxylic acid groups (broad SMARTS) is 1. The molecular weight excluding hydrogens is 258 g/mol. The molecule has 0 aromatic rings. The third kappa shape index (κ3) is 3.97. The van der Waals surface area contributed by atoms with E-state index in [1.165, 1.54) is 6.92 Å². The lowest BCUT2D eigenvalue weighted by Crippen LogP contribution is -2.39. The molecule has 0 aromatic heterocycles. The zero-order valence-electron chi connectivity index (χ0n) is 10.6. The fourth-order valence-corrected chi connectivity index (χ4v) is 2.99. The van der Waals surface area contributed by atoms with Gasteiger partial charge in [0.05, 0.1) is 11.7 Å². The summed E-state index contributed by atoms with van der Waals surface area (Å²) in [6.07, 6.45) is 1.37. The summed E-state index contributed by atoms with van der Waals surface area (Å²) >= 11 is 0. The number of sulfone groups is 1. The van der Waals surface area contributed by atoms with Crippen molar-refractivity contribution in [2.75, 3.05) is 12.3 Å². The molecule has 7 heteroatoms. The molecular formula is C11H19NO5S. The average Bonchev–Trinajstić information content (AvgIpc) is 3.01. The molecule has 0 heterocycles. The summed E-state index contributed by atoms with van der Waals surface area (Å²) in [5.74, 6) is -2.18. The Hall–Kier alpha value is -1.11. The van der Waals surface area contributed by atoms with Gasteiger partial charge in [-0.3, -0.25) is 9.59 Å². The van der Waals surface area contributed by atoms with Crippen LogP contribution in [-0.4, -0.2) is 53.9 Å². The van der Waals surface area contributed by atoms with Crippen LogP contribution in [0.2, 0.25) is 0 Å². The molecule has 0 saturated heterocycles. The van der Waals surface area contributed by atoms with Gasteiger partial charge in [-0.15, -0.1) is 0 Å². The van der Waals surface area contributed by atoms with Crippen LogP contribution in [0.25, 0.3) is 0 Å². The zero-order chi connectivity index (χ0) is 13.9. The van der Waals surface area contributed by atoms with Crippen molar-refractivity contribution in [3.63, 3.8) is 0 Å². The van der Waals surface area contributed by atoms with E-state index in [-0.39, 0.29) is 6.04 Å². The second-order valence-electron chi connectivity index (χ2n) is 4.63. The lowest BCUT2D eigenvalue weighted by molar-refractivity contribution is -0.137. The molecule has 1 fully saturated rings. The average molecular weight is 277 g/mol. The standard InChI is InChI=1S/C11H19NO5S/c1-3-12(9-4-5-9)10(13)7-18(16,17)8(2)6-11(14)15/h8-9H,3-7H2,1-2H3,(H,14,15). The van der Waals surface area contributed by atoms with Crippen molar-refractivity contribution in [1.29, 1.82) is 0 Å². The Morgan fingerprint density at radius 1 is 1.39 bits per heavy atom. The van der Waals surface area contributed by atoms with E-state index >= 15 is 0 Å². The van der Waals surface area contributed by atoms with Crippen LogP contribution in [0.15, 0.2) is 0 Å². The maximum atomic E-state index is 11.9. The number of carboxylic acids is 1.